The summed E-state index contributed by atoms with van der Waals surface area (Å²) >= 11 is 0. The minimum Gasteiger partial charge on any atom is -0.461 e. The molecule has 1 heterocycles. The van der Waals surface area contributed by atoms with E-state index in [2.05, 4.69) is 24.3 Å². The molecule has 0 aromatic rings. The fourth-order valence-corrected chi connectivity index (χ4v) is 2.16. The van der Waals surface area contributed by atoms with E-state index in [1.807, 2.05) is 0 Å². The van der Waals surface area contributed by atoms with Crippen molar-refractivity contribution in [1.29, 1.82) is 0 Å². The molecular formula is C13H18O2. The highest BCUT2D eigenvalue weighted by atomic mass is 16.6. The minimum atomic E-state index is 0.00874. The van der Waals surface area contributed by atoms with Crippen molar-refractivity contribution >= 4 is 5.97 Å². The van der Waals surface area contributed by atoms with Crippen LogP contribution < -0.4 is 0 Å². The van der Waals surface area contributed by atoms with Crippen LogP contribution in [0.4, 0.5) is 0 Å². The second kappa shape index (κ2) is 5.15. The number of fused-ring (bicyclic) bond motifs is 1. The molecule has 0 bridgehead atoms. The first kappa shape index (κ1) is 10.5. The van der Waals surface area contributed by atoms with Gasteiger partial charge >= 0.3 is 5.97 Å². The van der Waals surface area contributed by atoms with E-state index in [4.69, 9.17) is 4.74 Å². The normalized spacial score (nSPS) is 36.1. The first-order valence-corrected chi connectivity index (χ1v) is 5.88. The number of carbonyl (C=O) groups excluding carboxylic acids is 1. The first-order chi connectivity index (χ1) is 7.38. The zero-order valence-electron chi connectivity index (χ0n) is 9.02. The average molecular weight is 206 g/mol. The second-order valence-corrected chi connectivity index (χ2v) is 4.26. The van der Waals surface area contributed by atoms with Crippen molar-refractivity contribution in [2.75, 3.05) is 0 Å². The van der Waals surface area contributed by atoms with Crippen LogP contribution in [0.2, 0.25) is 0 Å². The van der Waals surface area contributed by atoms with Gasteiger partial charge in [0.05, 0.1) is 5.92 Å². The van der Waals surface area contributed by atoms with Crippen molar-refractivity contribution < 1.29 is 9.53 Å². The Balaban J connectivity index is 1.90. The third kappa shape index (κ3) is 2.71. The van der Waals surface area contributed by atoms with Crippen LogP contribution in [0.25, 0.3) is 0 Å². The molecule has 2 aliphatic rings. The summed E-state index contributed by atoms with van der Waals surface area (Å²) in [6.45, 7) is 0. The number of esters is 1. The number of hydrogen-bond acceptors (Lipinski definition) is 2. The van der Waals surface area contributed by atoms with Crippen molar-refractivity contribution in [3.63, 3.8) is 0 Å². The minimum absolute atomic E-state index is 0.00874. The van der Waals surface area contributed by atoms with Crippen LogP contribution in [0.3, 0.4) is 0 Å². The van der Waals surface area contributed by atoms with Crippen molar-refractivity contribution in [2.24, 2.45) is 5.92 Å². The number of ether oxygens (including phenoxy) is 1. The predicted octanol–water partition coefficient (Wildman–Crippen LogP) is 2.99. The summed E-state index contributed by atoms with van der Waals surface area (Å²) in [5, 5.41) is 0. The lowest BCUT2D eigenvalue weighted by Gasteiger charge is -2.35. The predicted molar refractivity (Wildman–Crippen MR) is 59.4 cm³/mol. The maximum absolute atomic E-state index is 11.2. The van der Waals surface area contributed by atoms with E-state index in [1.54, 1.807) is 0 Å². The van der Waals surface area contributed by atoms with Crippen LogP contribution in [0.1, 0.15) is 38.5 Å². The highest BCUT2D eigenvalue weighted by Crippen LogP contribution is 2.30. The van der Waals surface area contributed by atoms with Crippen LogP contribution >= 0.6 is 0 Å². The van der Waals surface area contributed by atoms with E-state index in [-0.39, 0.29) is 18.0 Å². The second-order valence-electron chi connectivity index (χ2n) is 4.26. The maximum atomic E-state index is 11.2. The van der Waals surface area contributed by atoms with Crippen LogP contribution in [-0.2, 0) is 9.53 Å². The molecular weight excluding hydrogens is 188 g/mol. The molecule has 1 aliphatic carbocycles. The Labute approximate surface area is 91.0 Å². The number of rotatable bonds is 0. The van der Waals surface area contributed by atoms with Gasteiger partial charge in [0, 0.05) is 0 Å². The van der Waals surface area contributed by atoms with Crippen molar-refractivity contribution in [1.82, 2.24) is 0 Å². The number of carbonyl (C=O) groups is 1. The summed E-state index contributed by atoms with van der Waals surface area (Å²) < 4.78 is 5.15. The monoisotopic (exact) mass is 206 g/mol. The van der Waals surface area contributed by atoms with Crippen LogP contribution in [-0.4, -0.2) is 12.1 Å². The molecule has 82 valence electrons. The zero-order chi connectivity index (χ0) is 10.5. The zero-order valence-corrected chi connectivity index (χ0v) is 9.02. The molecule has 0 aromatic carbocycles. The summed E-state index contributed by atoms with van der Waals surface area (Å²) in [7, 11) is 0. The third-order valence-corrected chi connectivity index (χ3v) is 3.11. The van der Waals surface area contributed by atoms with E-state index < -0.39 is 0 Å². The quantitative estimate of drug-likeness (QED) is 0.450. The van der Waals surface area contributed by atoms with E-state index in [9.17, 15) is 4.79 Å². The van der Waals surface area contributed by atoms with E-state index in [1.165, 1.54) is 0 Å². The molecule has 0 saturated carbocycles. The molecule has 0 N–H and O–H groups in total. The first-order valence-electron chi connectivity index (χ1n) is 5.88. The lowest BCUT2D eigenvalue weighted by Crippen LogP contribution is -2.44. The summed E-state index contributed by atoms with van der Waals surface area (Å²) in [5.41, 5.74) is 0. The molecule has 0 aromatic heterocycles. The Kier molecular flexibility index (Phi) is 3.59. The van der Waals surface area contributed by atoms with Crippen molar-refractivity contribution in [2.45, 2.75) is 44.6 Å². The van der Waals surface area contributed by atoms with Gasteiger partial charge in [-0.2, -0.15) is 0 Å². The topological polar surface area (TPSA) is 26.3 Å². The lowest BCUT2D eigenvalue weighted by molar-refractivity contribution is -0.185. The van der Waals surface area contributed by atoms with Crippen LogP contribution in [0.5, 0.6) is 0 Å². The molecule has 2 rings (SSSR count). The highest BCUT2D eigenvalue weighted by molar-refractivity contribution is 5.78. The molecule has 2 nitrogen and oxygen atoms in total. The Morgan fingerprint density at radius 2 is 1.53 bits per heavy atom. The van der Waals surface area contributed by atoms with Crippen LogP contribution in [0.15, 0.2) is 24.3 Å². The van der Waals surface area contributed by atoms with Gasteiger partial charge in [0.2, 0.25) is 0 Å². The average Bonchev–Trinajstić information content (AvgIpc) is 2.22. The van der Waals surface area contributed by atoms with Gasteiger partial charge in [-0.25, -0.2) is 0 Å². The fraction of sp³-hybridized carbons (Fsp3) is 0.615. The Bertz CT molecular complexity index is 278. The van der Waals surface area contributed by atoms with Gasteiger partial charge in [-0.1, -0.05) is 24.3 Å². The van der Waals surface area contributed by atoms with E-state index in [0.717, 1.165) is 38.5 Å². The standard InChI is InChI=1S/C13H18O2/c14-13-11-9-7-5-3-1-2-4-6-8-10-12(11)15-13/h3-6,11-12H,1-2,7-10H2/b5-3+,6-4+/t11-,12+/m0/s1. The Morgan fingerprint density at radius 1 is 0.933 bits per heavy atom. The smallest absolute Gasteiger partial charge is 0.313 e. The molecule has 1 fully saturated rings. The van der Waals surface area contributed by atoms with Gasteiger partial charge in [-0.3, -0.25) is 4.79 Å². The summed E-state index contributed by atoms with van der Waals surface area (Å²) in [4.78, 5) is 11.2. The van der Waals surface area contributed by atoms with Gasteiger partial charge < -0.3 is 4.74 Å². The molecule has 0 amide bonds. The Hall–Kier alpha value is -1.05. The van der Waals surface area contributed by atoms with Gasteiger partial charge in [0.15, 0.2) is 0 Å². The summed E-state index contributed by atoms with van der Waals surface area (Å²) in [5.74, 6) is 0.178. The van der Waals surface area contributed by atoms with Gasteiger partial charge in [0.1, 0.15) is 6.10 Å². The number of hydrogen-bond donors (Lipinski definition) is 0. The Morgan fingerprint density at radius 3 is 2.20 bits per heavy atom. The maximum Gasteiger partial charge on any atom is 0.313 e. The molecule has 15 heavy (non-hydrogen) atoms. The van der Waals surface area contributed by atoms with Crippen LogP contribution in [0, 0.1) is 5.92 Å². The molecule has 1 aliphatic heterocycles. The van der Waals surface area contributed by atoms with Crippen molar-refractivity contribution in [3.05, 3.63) is 24.3 Å². The molecule has 1 saturated heterocycles. The molecule has 0 spiro atoms. The highest BCUT2D eigenvalue weighted by Gasteiger charge is 2.40. The molecule has 0 radical (unpaired) electrons. The lowest BCUT2D eigenvalue weighted by atomic mass is 9.88. The van der Waals surface area contributed by atoms with Gasteiger partial charge in [-0.05, 0) is 38.5 Å². The van der Waals surface area contributed by atoms with Gasteiger partial charge in [-0.15, -0.1) is 0 Å². The van der Waals surface area contributed by atoms with Crippen molar-refractivity contribution in [3.8, 4) is 0 Å². The van der Waals surface area contributed by atoms with E-state index in [0.29, 0.717) is 0 Å². The summed E-state index contributed by atoms with van der Waals surface area (Å²) in [6.07, 6.45) is 15.3. The molecule has 2 atom stereocenters. The molecule has 2 heteroatoms. The van der Waals surface area contributed by atoms with E-state index >= 15 is 0 Å². The largest absolute Gasteiger partial charge is 0.461 e. The number of allylic oxidation sites excluding steroid dienone is 4. The fourth-order valence-electron chi connectivity index (χ4n) is 2.16. The van der Waals surface area contributed by atoms with Gasteiger partial charge in [0.25, 0.3) is 0 Å². The molecule has 0 unspecified atom stereocenters. The SMILES string of the molecule is O=C1O[C@@H]2CC/C=C/CC/C=C/CC[C@H]12. The third-order valence-electron chi connectivity index (χ3n) is 3.11. The summed E-state index contributed by atoms with van der Waals surface area (Å²) in [6, 6.07) is 0.